The van der Waals surface area contributed by atoms with Crippen molar-refractivity contribution in [3.63, 3.8) is 0 Å². The summed E-state index contributed by atoms with van der Waals surface area (Å²) in [7, 11) is 0. The van der Waals surface area contributed by atoms with Gasteiger partial charge in [-0.3, -0.25) is 10.1 Å². The topological polar surface area (TPSA) is 58.2 Å². The van der Waals surface area contributed by atoms with Crippen LogP contribution in [0.4, 0.5) is 4.79 Å². The molecule has 4 heteroatoms. The molecule has 2 N–H and O–H groups in total. The van der Waals surface area contributed by atoms with Gasteiger partial charge in [-0.15, -0.1) is 6.58 Å². The summed E-state index contributed by atoms with van der Waals surface area (Å²) in [6, 6.07) is -0.539. The Bertz CT molecular complexity index is 221. The Labute approximate surface area is 71.3 Å². The van der Waals surface area contributed by atoms with Gasteiger partial charge in [0.2, 0.25) is 0 Å². The Hall–Kier alpha value is -1.58. The summed E-state index contributed by atoms with van der Waals surface area (Å²) in [6.07, 6.45) is 1.52. The molecule has 3 amide bonds. The van der Waals surface area contributed by atoms with Crippen molar-refractivity contribution < 1.29 is 9.59 Å². The van der Waals surface area contributed by atoms with Crippen LogP contribution in [0.5, 0.6) is 0 Å². The number of hydrogen-bond acceptors (Lipinski definition) is 2. The predicted octanol–water partition coefficient (Wildman–Crippen LogP) is 0.574. The maximum absolute atomic E-state index is 10.8. The number of urea groups is 1. The van der Waals surface area contributed by atoms with Gasteiger partial charge in [0.1, 0.15) is 0 Å². The number of imide groups is 1. The Balaban J connectivity index is 3.76. The molecule has 0 aliphatic carbocycles. The summed E-state index contributed by atoms with van der Waals surface area (Å²) in [5, 5.41) is 4.47. The van der Waals surface area contributed by atoms with Gasteiger partial charge in [-0.05, 0) is 6.92 Å². The first-order chi connectivity index (χ1) is 5.57. The first-order valence-corrected chi connectivity index (χ1v) is 3.43. The molecule has 0 rings (SSSR count). The van der Waals surface area contributed by atoms with Gasteiger partial charge < -0.3 is 5.32 Å². The van der Waals surface area contributed by atoms with E-state index in [1.54, 1.807) is 0 Å². The lowest BCUT2D eigenvalue weighted by atomic mass is 10.3. The van der Waals surface area contributed by atoms with Crippen LogP contribution < -0.4 is 10.6 Å². The Kier molecular flexibility index (Phi) is 4.45. The van der Waals surface area contributed by atoms with Crippen LogP contribution in [0.1, 0.15) is 6.92 Å². The third-order valence-electron chi connectivity index (χ3n) is 1.02. The largest absolute Gasteiger partial charge is 0.334 e. The van der Waals surface area contributed by atoms with Gasteiger partial charge in [0.05, 0.1) is 0 Å². The van der Waals surface area contributed by atoms with Gasteiger partial charge in [0, 0.05) is 12.1 Å². The Morgan fingerprint density at radius 2 is 2.08 bits per heavy atom. The third kappa shape index (κ3) is 4.27. The minimum absolute atomic E-state index is 0.295. The lowest BCUT2D eigenvalue weighted by molar-refractivity contribution is -0.116. The Morgan fingerprint density at radius 3 is 2.50 bits per heavy atom. The summed E-state index contributed by atoms with van der Waals surface area (Å²) >= 11 is 0. The predicted molar refractivity (Wildman–Crippen MR) is 46.6 cm³/mol. The van der Waals surface area contributed by atoms with E-state index in [9.17, 15) is 9.59 Å². The van der Waals surface area contributed by atoms with Crippen LogP contribution in [-0.4, -0.2) is 18.5 Å². The first kappa shape index (κ1) is 10.4. The van der Waals surface area contributed by atoms with Crippen molar-refractivity contribution in [1.29, 1.82) is 0 Å². The molecule has 0 fully saturated rings. The van der Waals surface area contributed by atoms with Crippen molar-refractivity contribution in [2.45, 2.75) is 6.92 Å². The van der Waals surface area contributed by atoms with E-state index in [0.717, 1.165) is 0 Å². The summed E-state index contributed by atoms with van der Waals surface area (Å²) in [5.74, 6) is -0.475. The van der Waals surface area contributed by atoms with Crippen LogP contribution in [0.25, 0.3) is 0 Å². The van der Waals surface area contributed by atoms with Crippen LogP contribution in [0, 0.1) is 0 Å². The molecule has 0 saturated heterocycles. The highest BCUT2D eigenvalue weighted by Gasteiger charge is 2.05. The van der Waals surface area contributed by atoms with E-state index in [-0.39, 0.29) is 0 Å². The number of nitrogens with one attached hydrogen (secondary N) is 2. The molecule has 0 saturated carbocycles. The molecule has 0 spiro atoms. The van der Waals surface area contributed by atoms with Gasteiger partial charge in [-0.1, -0.05) is 12.7 Å². The number of carbonyl (C=O) groups is 2. The monoisotopic (exact) mass is 168 g/mol. The zero-order chi connectivity index (χ0) is 9.56. The SMILES string of the molecule is C=CCNC(=O)NC(=O)C(=C)C. The fourth-order valence-electron chi connectivity index (χ4n) is 0.419. The standard InChI is InChI=1S/C8H12N2O2/c1-4-5-9-8(12)10-7(11)6(2)3/h4H,1-2,5H2,3H3,(H2,9,10,11,12). The smallest absolute Gasteiger partial charge is 0.321 e. The number of carbonyl (C=O) groups excluding carboxylic acids is 2. The molecule has 66 valence electrons. The zero-order valence-electron chi connectivity index (χ0n) is 7.02. The average molecular weight is 168 g/mol. The molecular weight excluding hydrogens is 156 g/mol. The fourth-order valence-corrected chi connectivity index (χ4v) is 0.419. The average Bonchev–Trinajstić information content (AvgIpc) is 2.00. The second kappa shape index (κ2) is 5.12. The molecule has 12 heavy (non-hydrogen) atoms. The molecule has 0 radical (unpaired) electrons. The summed E-state index contributed by atoms with van der Waals surface area (Å²) in [6.45, 7) is 8.63. The van der Waals surface area contributed by atoms with E-state index >= 15 is 0 Å². The van der Waals surface area contributed by atoms with E-state index < -0.39 is 11.9 Å². The van der Waals surface area contributed by atoms with Crippen LogP contribution in [0.3, 0.4) is 0 Å². The highest BCUT2D eigenvalue weighted by atomic mass is 16.2. The maximum Gasteiger partial charge on any atom is 0.321 e. The molecule has 4 nitrogen and oxygen atoms in total. The molecule has 0 aromatic carbocycles. The van der Waals surface area contributed by atoms with Gasteiger partial charge >= 0.3 is 6.03 Å². The number of hydrogen-bond donors (Lipinski definition) is 2. The number of rotatable bonds is 3. The second-order valence-electron chi connectivity index (χ2n) is 2.23. The molecule has 0 aliphatic rings. The fraction of sp³-hybridized carbons (Fsp3) is 0.250. The van der Waals surface area contributed by atoms with Crippen molar-refractivity contribution in [3.05, 3.63) is 24.8 Å². The minimum atomic E-state index is -0.539. The van der Waals surface area contributed by atoms with Gasteiger partial charge in [-0.25, -0.2) is 4.79 Å². The van der Waals surface area contributed by atoms with Crippen molar-refractivity contribution in [3.8, 4) is 0 Å². The highest BCUT2D eigenvalue weighted by Crippen LogP contribution is 1.84. The normalized spacial score (nSPS) is 8.42. The molecule has 0 unspecified atom stereocenters. The van der Waals surface area contributed by atoms with Crippen molar-refractivity contribution in [2.75, 3.05) is 6.54 Å². The molecule has 0 aliphatic heterocycles. The van der Waals surface area contributed by atoms with E-state index in [1.807, 2.05) is 0 Å². The van der Waals surface area contributed by atoms with Gasteiger partial charge in [-0.2, -0.15) is 0 Å². The number of amides is 3. The van der Waals surface area contributed by atoms with Crippen molar-refractivity contribution >= 4 is 11.9 Å². The van der Waals surface area contributed by atoms with Crippen molar-refractivity contribution in [2.24, 2.45) is 0 Å². The van der Waals surface area contributed by atoms with Crippen molar-refractivity contribution in [1.82, 2.24) is 10.6 Å². The molecular formula is C8H12N2O2. The van der Waals surface area contributed by atoms with Crippen LogP contribution in [-0.2, 0) is 4.79 Å². The zero-order valence-corrected chi connectivity index (χ0v) is 7.02. The quantitative estimate of drug-likeness (QED) is 0.478. The van der Waals surface area contributed by atoms with Crippen LogP contribution in [0.15, 0.2) is 24.8 Å². The summed E-state index contributed by atoms with van der Waals surface area (Å²) in [4.78, 5) is 21.6. The van der Waals surface area contributed by atoms with E-state index in [0.29, 0.717) is 12.1 Å². The summed E-state index contributed by atoms with van der Waals surface area (Å²) < 4.78 is 0. The molecule has 0 bridgehead atoms. The first-order valence-electron chi connectivity index (χ1n) is 3.43. The molecule has 0 aromatic heterocycles. The third-order valence-corrected chi connectivity index (χ3v) is 1.02. The maximum atomic E-state index is 10.8. The molecule has 0 heterocycles. The lowest BCUT2D eigenvalue weighted by Gasteiger charge is -2.03. The van der Waals surface area contributed by atoms with Gasteiger partial charge in [0.25, 0.3) is 5.91 Å². The van der Waals surface area contributed by atoms with E-state index in [4.69, 9.17) is 0 Å². The highest BCUT2D eigenvalue weighted by molar-refractivity contribution is 6.02. The second-order valence-corrected chi connectivity index (χ2v) is 2.23. The van der Waals surface area contributed by atoms with Crippen LogP contribution in [0.2, 0.25) is 0 Å². The van der Waals surface area contributed by atoms with Crippen LogP contribution >= 0.6 is 0 Å². The minimum Gasteiger partial charge on any atom is -0.334 e. The summed E-state index contributed by atoms with van der Waals surface area (Å²) in [5.41, 5.74) is 0.295. The van der Waals surface area contributed by atoms with Gasteiger partial charge in [0.15, 0.2) is 0 Å². The molecule has 0 atom stereocenters. The molecule has 0 aromatic rings. The van der Waals surface area contributed by atoms with E-state index in [2.05, 4.69) is 23.8 Å². The Morgan fingerprint density at radius 1 is 1.50 bits per heavy atom. The lowest BCUT2D eigenvalue weighted by Crippen LogP contribution is -2.39. The van der Waals surface area contributed by atoms with E-state index in [1.165, 1.54) is 13.0 Å².